The minimum atomic E-state index is -1.27. The van der Waals surface area contributed by atoms with Gasteiger partial charge >= 0.3 is 5.97 Å². The number of ketones is 1. The van der Waals surface area contributed by atoms with Crippen molar-refractivity contribution >= 4 is 22.7 Å². The Balaban J connectivity index is 1.22. The second kappa shape index (κ2) is 27.2. The summed E-state index contributed by atoms with van der Waals surface area (Å²) in [6.45, 7) is 13.7. The molecule has 74 heavy (non-hydrogen) atoms. The zero-order valence-electron chi connectivity index (χ0n) is 45.0. The molecule has 2 aromatic carbocycles. The number of para-hydroxylation sites is 1. The summed E-state index contributed by atoms with van der Waals surface area (Å²) >= 11 is 0. The minimum absolute atomic E-state index is 0.0474. The Labute approximate surface area is 438 Å². The highest BCUT2D eigenvalue weighted by molar-refractivity contribution is 5.91. The molecule has 0 bridgehead atoms. The van der Waals surface area contributed by atoms with Gasteiger partial charge in [0.25, 0.3) is 0 Å². The maximum absolute atomic E-state index is 14.4. The van der Waals surface area contributed by atoms with Gasteiger partial charge in [0, 0.05) is 42.8 Å². The van der Waals surface area contributed by atoms with Crippen LogP contribution in [0.2, 0.25) is 0 Å². The van der Waals surface area contributed by atoms with Crippen molar-refractivity contribution in [1.29, 1.82) is 0 Å². The number of carbonyl (C=O) groups is 2. The van der Waals surface area contributed by atoms with E-state index >= 15 is 0 Å². The monoisotopic (exact) mass is 1020 g/mol. The first-order chi connectivity index (χ1) is 35.6. The molecule has 0 unspecified atom stereocenters. The Morgan fingerprint density at radius 1 is 0.905 bits per heavy atom. The summed E-state index contributed by atoms with van der Waals surface area (Å²) < 4.78 is 26.8. The van der Waals surface area contributed by atoms with Gasteiger partial charge in [-0.1, -0.05) is 93.3 Å². The number of hydrogen-bond acceptors (Lipinski definition) is 15. The lowest BCUT2D eigenvalue weighted by atomic mass is 9.79. The number of carbonyl (C=O) groups excluding carboxylic acids is 2. The number of aromatic nitrogens is 4. The first-order valence-electron chi connectivity index (χ1n) is 27.1. The molecule has 2 aromatic heterocycles. The van der Waals surface area contributed by atoms with E-state index in [0.717, 1.165) is 71.6 Å². The SMILES string of the molecule is CC[C@H]1OC(=O)C[C@@H](O)[C@H](C)[C@@H](O[C@@H]2O[C@H](C)[C@@H](O)[C@H](N(C)C)[C@H]2O)[C@@H](CCN(Cc2ccc(OC)cc2)Cc2cn(-c3cnc4ccccc4c3)nn2)C[C@@H](C)C(=O)/C=C/C(C)=C/[C@@H]1CN1CCCCCCC1. The van der Waals surface area contributed by atoms with Gasteiger partial charge in [0.05, 0.1) is 73.3 Å². The van der Waals surface area contributed by atoms with Crippen molar-refractivity contribution in [3.8, 4) is 11.4 Å². The molecule has 12 atom stereocenters. The molecular formula is C58H83N7O9. The molecule has 16 heteroatoms. The van der Waals surface area contributed by atoms with Crippen LogP contribution in [-0.4, -0.2) is 158 Å². The number of esters is 1. The summed E-state index contributed by atoms with van der Waals surface area (Å²) in [5.74, 6) is -1.55. The molecule has 0 aliphatic carbocycles. The van der Waals surface area contributed by atoms with Crippen molar-refractivity contribution < 1.29 is 43.9 Å². The van der Waals surface area contributed by atoms with Crippen LogP contribution in [0.1, 0.15) is 104 Å². The molecule has 3 aliphatic heterocycles. The Hall–Kier alpha value is -4.91. The molecule has 0 amide bonds. The highest BCUT2D eigenvalue weighted by Gasteiger charge is 2.47. The smallest absolute Gasteiger partial charge is 0.308 e. The van der Waals surface area contributed by atoms with Crippen LogP contribution in [0.3, 0.4) is 0 Å². The average Bonchev–Trinajstić information content (AvgIpc) is 3.85. The number of aliphatic hydroxyl groups is 3. The van der Waals surface area contributed by atoms with Crippen LogP contribution in [0.25, 0.3) is 16.6 Å². The van der Waals surface area contributed by atoms with E-state index in [9.17, 15) is 24.9 Å². The zero-order chi connectivity index (χ0) is 52.9. The zero-order valence-corrected chi connectivity index (χ0v) is 45.0. The Bertz CT molecular complexity index is 2460. The molecule has 5 heterocycles. The van der Waals surface area contributed by atoms with Gasteiger partial charge in [-0.05, 0) is 122 Å². The van der Waals surface area contributed by atoms with Gasteiger partial charge in [-0.25, -0.2) is 4.68 Å². The summed E-state index contributed by atoms with van der Waals surface area (Å²) in [6.07, 6.45) is 9.70. The van der Waals surface area contributed by atoms with Crippen molar-refractivity contribution in [2.75, 3.05) is 47.4 Å². The van der Waals surface area contributed by atoms with Gasteiger partial charge in [0.2, 0.25) is 0 Å². The molecular weight excluding hydrogens is 939 g/mol. The van der Waals surface area contributed by atoms with Crippen LogP contribution in [0.4, 0.5) is 0 Å². The summed E-state index contributed by atoms with van der Waals surface area (Å²) in [5, 5.41) is 45.5. The summed E-state index contributed by atoms with van der Waals surface area (Å²) in [4.78, 5) is 39.7. The van der Waals surface area contributed by atoms with Crippen molar-refractivity contribution in [2.24, 2.45) is 23.7 Å². The van der Waals surface area contributed by atoms with E-state index in [1.54, 1.807) is 50.0 Å². The number of benzene rings is 2. The number of pyridine rings is 1. The number of hydrogen-bond donors (Lipinski definition) is 3. The summed E-state index contributed by atoms with van der Waals surface area (Å²) in [7, 11) is 5.21. The largest absolute Gasteiger partial charge is 0.497 e. The third-order valence-electron chi connectivity index (χ3n) is 15.5. The Morgan fingerprint density at radius 2 is 1.64 bits per heavy atom. The molecule has 0 saturated carbocycles. The second-order valence-electron chi connectivity index (χ2n) is 21.5. The number of allylic oxidation sites excluding steroid dienone is 3. The quantitative estimate of drug-likeness (QED) is 0.101. The third-order valence-corrected chi connectivity index (χ3v) is 15.5. The van der Waals surface area contributed by atoms with E-state index in [0.29, 0.717) is 38.9 Å². The third kappa shape index (κ3) is 15.4. The minimum Gasteiger partial charge on any atom is -0.497 e. The van der Waals surface area contributed by atoms with Crippen LogP contribution in [0, 0.1) is 23.7 Å². The van der Waals surface area contributed by atoms with Gasteiger partial charge in [0.15, 0.2) is 12.1 Å². The van der Waals surface area contributed by atoms with Gasteiger partial charge in [-0.2, -0.15) is 0 Å². The van der Waals surface area contributed by atoms with Crippen LogP contribution in [0.5, 0.6) is 5.75 Å². The molecule has 7 rings (SSSR count). The number of aliphatic hydroxyl groups excluding tert-OH is 3. The van der Waals surface area contributed by atoms with E-state index < -0.39 is 72.7 Å². The fraction of sp³-hybridized carbons (Fsp3) is 0.603. The Kier molecular flexibility index (Phi) is 20.9. The fourth-order valence-corrected chi connectivity index (χ4v) is 11.1. The number of fused-ring (bicyclic) bond motifs is 1. The van der Waals surface area contributed by atoms with E-state index in [1.807, 2.05) is 94.6 Å². The number of nitrogens with zero attached hydrogens (tertiary/aromatic N) is 7. The predicted molar refractivity (Wildman–Crippen MR) is 285 cm³/mol. The highest BCUT2D eigenvalue weighted by atomic mass is 16.7. The van der Waals surface area contributed by atoms with Crippen LogP contribution < -0.4 is 4.74 Å². The van der Waals surface area contributed by atoms with E-state index in [4.69, 9.17) is 18.9 Å². The van der Waals surface area contributed by atoms with Gasteiger partial charge in [0.1, 0.15) is 18.0 Å². The van der Waals surface area contributed by atoms with Gasteiger partial charge in [-0.3, -0.25) is 19.5 Å². The molecule has 404 valence electrons. The van der Waals surface area contributed by atoms with Crippen molar-refractivity contribution in [3.05, 3.63) is 102 Å². The first kappa shape index (κ1) is 56.8. The molecule has 4 aromatic rings. The van der Waals surface area contributed by atoms with E-state index in [2.05, 4.69) is 31.2 Å². The number of ether oxygens (including phenoxy) is 4. The number of likely N-dealkylation sites (tertiary alicyclic amines) is 1. The summed E-state index contributed by atoms with van der Waals surface area (Å²) in [5.41, 5.74) is 4.35. The molecule has 3 N–H and O–H groups in total. The lowest BCUT2D eigenvalue weighted by molar-refractivity contribution is -0.304. The first-order valence-corrected chi connectivity index (χ1v) is 27.1. The number of rotatable bonds is 15. The van der Waals surface area contributed by atoms with Crippen LogP contribution in [-0.2, 0) is 36.9 Å². The lowest BCUT2D eigenvalue weighted by Crippen LogP contribution is -2.63. The maximum atomic E-state index is 14.4. The van der Waals surface area contributed by atoms with Crippen molar-refractivity contribution in [1.82, 2.24) is 34.7 Å². The molecule has 3 aliphatic rings. The molecule has 2 saturated heterocycles. The fourth-order valence-electron chi connectivity index (χ4n) is 11.1. The Morgan fingerprint density at radius 3 is 2.35 bits per heavy atom. The second-order valence-corrected chi connectivity index (χ2v) is 21.5. The van der Waals surface area contributed by atoms with E-state index in [1.165, 1.54) is 19.3 Å². The van der Waals surface area contributed by atoms with Crippen LogP contribution in [0.15, 0.2) is 90.8 Å². The van der Waals surface area contributed by atoms with E-state index in [-0.39, 0.29) is 18.1 Å². The average molecular weight is 1020 g/mol. The van der Waals surface area contributed by atoms with Gasteiger partial charge in [-0.15, -0.1) is 5.10 Å². The topological polar surface area (TPSA) is 185 Å². The van der Waals surface area contributed by atoms with Crippen molar-refractivity contribution in [3.63, 3.8) is 0 Å². The maximum Gasteiger partial charge on any atom is 0.308 e. The highest BCUT2D eigenvalue weighted by Crippen LogP contribution is 2.35. The predicted octanol–water partition coefficient (Wildman–Crippen LogP) is 7.32. The van der Waals surface area contributed by atoms with Crippen molar-refractivity contribution in [2.45, 2.75) is 154 Å². The molecule has 2 fully saturated rings. The lowest BCUT2D eigenvalue weighted by Gasteiger charge is -2.46. The van der Waals surface area contributed by atoms with Crippen LogP contribution >= 0.6 is 0 Å². The number of cyclic esters (lactones) is 1. The van der Waals surface area contributed by atoms with Gasteiger partial charge < -0.3 is 44.1 Å². The molecule has 0 radical (unpaired) electrons. The number of methoxy groups -OCH3 is 1. The normalized spacial score (nSPS) is 30.6. The molecule has 16 nitrogen and oxygen atoms in total. The molecule has 0 spiro atoms. The number of likely N-dealkylation sites (N-methyl/N-ethyl adjacent to an activating group) is 1. The standard InChI is InChI=1S/C58H83N7O9/c1-9-52-45(35-63-26-15-11-10-12-16-27-63)29-38(2)19-24-50(66)39(3)30-44(57(40(4)51(67)32-53(68)73-52)74-58-56(70)54(62(6)7)55(69)41(5)72-58)25-28-64(34-42-20-22-48(71-8)23-21-42)36-46-37-65(61-60-46)47-31-43-17-13-14-18-49(43)59-33-47/h13-14,17-24,29,31,33,37,39-41,44-45,51-52,54-58,67,69-70H,9-12,15-16,25-28,30,32,34-36H2,1-8H3/b24-19+,38-29+/t39-,40+,41-,44+,45-,51-,52-,54+,55-,56-,57-,58+/m1/s1. The summed E-state index contributed by atoms with van der Waals surface area (Å²) in [6, 6.07) is 17.2.